The predicted octanol–water partition coefficient (Wildman–Crippen LogP) is 2.74. The lowest BCUT2D eigenvalue weighted by atomic mass is 10.2. The van der Waals surface area contributed by atoms with Crippen LogP contribution in [0.5, 0.6) is 0 Å². The molecule has 0 unspecified atom stereocenters. The molecular weight excluding hydrogens is 254 g/mol. The Morgan fingerprint density at radius 2 is 2.07 bits per heavy atom. The number of likely N-dealkylation sites (N-methyl/N-ethyl adjacent to an activating group) is 1. The minimum Gasteiger partial charge on any atom is -0.372 e. The first-order valence-electron chi connectivity index (χ1n) is 4.86. The fourth-order valence-electron chi connectivity index (χ4n) is 1.19. The number of hydrogen-bond acceptors (Lipinski definition) is 2. The molecule has 1 aromatic rings. The second-order valence-corrected chi connectivity index (χ2v) is 4.32. The van der Waals surface area contributed by atoms with E-state index in [9.17, 15) is 0 Å². The van der Waals surface area contributed by atoms with Crippen LogP contribution in [-0.4, -0.2) is 20.2 Å². The minimum absolute atomic E-state index is 0.608. The summed E-state index contributed by atoms with van der Waals surface area (Å²) in [7, 11) is 1.90. The highest BCUT2D eigenvalue weighted by atomic mass is 79.9. The zero-order chi connectivity index (χ0) is 11.1. The average molecular weight is 270 g/mol. The molecule has 2 nitrogen and oxygen atoms in total. The van der Waals surface area contributed by atoms with Crippen molar-refractivity contribution < 1.29 is 4.74 Å². The monoisotopic (exact) mass is 269 g/mol. The molecule has 0 aromatic heterocycles. The maximum Gasteiger partial charge on any atom is 0.0721 e. The first-order chi connectivity index (χ1) is 7.22. The average Bonchev–Trinajstić information content (AvgIpc) is 2.21. The number of halogens is 1. The second kappa shape index (κ2) is 6.77. The van der Waals surface area contributed by atoms with Crippen molar-refractivity contribution in [1.29, 1.82) is 0 Å². The summed E-state index contributed by atoms with van der Waals surface area (Å²) in [6.07, 6.45) is 0. The Bertz CT molecular complexity index is 308. The van der Waals surface area contributed by atoms with Crippen molar-refractivity contribution in [2.24, 2.45) is 0 Å². The van der Waals surface area contributed by atoms with Crippen LogP contribution in [0.3, 0.4) is 0 Å². The number of benzene rings is 1. The summed E-state index contributed by atoms with van der Waals surface area (Å²) >= 11 is 3.39. The Balaban J connectivity index is 2.26. The molecule has 0 atom stereocenters. The molecule has 0 amide bonds. The third-order valence-electron chi connectivity index (χ3n) is 1.91. The maximum atomic E-state index is 5.52. The van der Waals surface area contributed by atoms with Crippen molar-refractivity contribution >= 4 is 15.9 Å². The standard InChI is InChI=1S/C12H16BrNO/c1-10(7-14-2)8-15-9-11-3-5-12(13)6-4-11/h3-6,14H,1,7-9H2,2H3. The smallest absolute Gasteiger partial charge is 0.0721 e. The summed E-state index contributed by atoms with van der Waals surface area (Å²) in [6, 6.07) is 8.12. The SMILES string of the molecule is C=C(CNC)COCc1ccc(Br)cc1. The van der Waals surface area contributed by atoms with Crippen molar-refractivity contribution in [2.75, 3.05) is 20.2 Å². The third-order valence-corrected chi connectivity index (χ3v) is 2.44. The van der Waals surface area contributed by atoms with Crippen LogP contribution in [0.25, 0.3) is 0 Å². The lowest BCUT2D eigenvalue weighted by Crippen LogP contribution is -2.13. The lowest BCUT2D eigenvalue weighted by molar-refractivity contribution is 0.141. The molecule has 82 valence electrons. The Morgan fingerprint density at radius 1 is 1.40 bits per heavy atom. The van der Waals surface area contributed by atoms with Gasteiger partial charge in [0.1, 0.15) is 0 Å². The molecule has 0 bridgehead atoms. The number of ether oxygens (including phenoxy) is 1. The van der Waals surface area contributed by atoms with Crippen LogP contribution in [0, 0.1) is 0 Å². The van der Waals surface area contributed by atoms with E-state index in [-0.39, 0.29) is 0 Å². The Kier molecular flexibility index (Phi) is 5.61. The molecule has 0 aliphatic rings. The van der Waals surface area contributed by atoms with E-state index in [0.29, 0.717) is 13.2 Å². The van der Waals surface area contributed by atoms with Gasteiger partial charge in [-0.3, -0.25) is 0 Å². The van der Waals surface area contributed by atoms with Gasteiger partial charge in [0.15, 0.2) is 0 Å². The van der Waals surface area contributed by atoms with Crippen LogP contribution < -0.4 is 5.32 Å². The highest BCUT2D eigenvalue weighted by molar-refractivity contribution is 9.10. The predicted molar refractivity (Wildman–Crippen MR) is 66.9 cm³/mol. The largest absolute Gasteiger partial charge is 0.372 e. The van der Waals surface area contributed by atoms with Gasteiger partial charge < -0.3 is 10.1 Å². The van der Waals surface area contributed by atoms with Crippen molar-refractivity contribution in [3.05, 3.63) is 46.5 Å². The first kappa shape index (κ1) is 12.4. The van der Waals surface area contributed by atoms with Gasteiger partial charge in [-0.2, -0.15) is 0 Å². The second-order valence-electron chi connectivity index (χ2n) is 3.40. The molecule has 0 saturated heterocycles. The fourth-order valence-corrected chi connectivity index (χ4v) is 1.46. The van der Waals surface area contributed by atoms with Gasteiger partial charge in [-0.15, -0.1) is 0 Å². The van der Waals surface area contributed by atoms with Crippen molar-refractivity contribution in [2.45, 2.75) is 6.61 Å². The van der Waals surface area contributed by atoms with E-state index < -0.39 is 0 Å². The minimum atomic E-state index is 0.608. The molecule has 1 aromatic carbocycles. The molecule has 0 aliphatic carbocycles. The summed E-state index contributed by atoms with van der Waals surface area (Å²) in [5, 5.41) is 3.04. The van der Waals surface area contributed by atoms with Gasteiger partial charge in [0.2, 0.25) is 0 Å². The topological polar surface area (TPSA) is 21.3 Å². The summed E-state index contributed by atoms with van der Waals surface area (Å²) in [6.45, 7) is 5.94. The van der Waals surface area contributed by atoms with E-state index in [0.717, 1.165) is 16.6 Å². The van der Waals surface area contributed by atoms with E-state index in [1.54, 1.807) is 0 Å². The van der Waals surface area contributed by atoms with Gasteiger partial charge in [-0.25, -0.2) is 0 Å². The normalized spacial score (nSPS) is 10.3. The summed E-state index contributed by atoms with van der Waals surface area (Å²) < 4.78 is 6.61. The van der Waals surface area contributed by atoms with E-state index in [2.05, 4.69) is 27.8 Å². The van der Waals surface area contributed by atoms with Gasteiger partial charge in [-0.05, 0) is 30.3 Å². The lowest BCUT2D eigenvalue weighted by Gasteiger charge is -2.06. The van der Waals surface area contributed by atoms with Crippen molar-refractivity contribution in [3.8, 4) is 0 Å². The highest BCUT2D eigenvalue weighted by Crippen LogP contribution is 2.11. The van der Waals surface area contributed by atoms with E-state index in [1.807, 2.05) is 31.3 Å². The summed E-state index contributed by atoms with van der Waals surface area (Å²) in [5.41, 5.74) is 2.24. The molecule has 1 N–H and O–H groups in total. The Morgan fingerprint density at radius 3 is 2.67 bits per heavy atom. The van der Waals surface area contributed by atoms with Gasteiger partial charge in [0.25, 0.3) is 0 Å². The fraction of sp³-hybridized carbons (Fsp3) is 0.333. The molecule has 15 heavy (non-hydrogen) atoms. The van der Waals surface area contributed by atoms with Gasteiger partial charge in [0.05, 0.1) is 13.2 Å². The molecular formula is C12H16BrNO. The van der Waals surface area contributed by atoms with Crippen LogP contribution in [0.1, 0.15) is 5.56 Å². The number of rotatable bonds is 6. The molecule has 0 fully saturated rings. The number of nitrogens with one attached hydrogen (secondary N) is 1. The third kappa shape index (κ3) is 5.11. The van der Waals surface area contributed by atoms with Crippen LogP contribution in [0.15, 0.2) is 40.9 Å². The molecule has 0 spiro atoms. The highest BCUT2D eigenvalue weighted by Gasteiger charge is 1.95. The molecule has 0 radical (unpaired) electrons. The Labute approximate surface area is 99.5 Å². The molecule has 1 rings (SSSR count). The first-order valence-corrected chi connectivity index (χ1v) is 5.65. The van der Waals surface area contributed by atoms with E-state index >= 15 is 0 Å². The van der Waals surface area contributed by atoms with Crippen LogP contribution in [0.4, 0.5) is 0 Å². The summed E-state index contributed by atoms with van der Waals surface area (Å²) in [4.78, 5) is 0. The van der Waals surface area contributed by atoms with E-state index in [1.165, 1.54) is 5.56 Å². The van der Waals surface area contributed by atoms with Gasteiger partial charge in [-0.1, -0.05) is 34.6 Å². The molecule has 0 saturated carbocycles. The number of hydrogen-bond donors (Lipinski definition) is 1. The van der Waals surface area contributed by atoms with Gasteiger partial charge >= 0.3 is 0 Å². The quantitative estimate of drug-likeness (QED) is 0.802. The van der Waals surface area contributed by atoms with Crippen LogP contribution in [-0.2, 0) is 11.3 Å². The zero-order valence-corrected chi connectivity index (χ0v) is 10.5. The van der Waals surface area contributed by atoms with Crippen molar-refractivity contribution in [3.63, 3.8) is 0 Å². The Hall–Kier alpha value is -0.640. The van der Waals surface area contributed by atoms with Crippen LogP contribution in [0.2, 0.25) is 0 Å². The zero-order valence-electron chi connectivity index (χ0n) is 8.92. The summed E-state index contributed by atoms with van der Waals surface area (Å²) in [5.74, 6) is 0. The van der Waals surface area contributed by atoms with E-state index in [4.69, 9.17) is 4.74 Å². The van der Waals surface area contributed by atoms with Gasteiger partial charge in [0, 0.05) is 11.0 Å². The molecule has 0 heterocycles. The molecule has 0 aliphatic heterocycles. The molecule has 3 heteroatoms. The maximum absolute atomic E-state index is 5.52. The van der Waals surface area contributed by atoms with Crippen LogP contribution >= 0.6 is 15.9 Å². The van der Waals surface area contributed by atoms with Crippen molar-refractivity contribution in [1.82, 2.24) is 5.32 Å².